The van der Waals surface area contributed by atoms with E-state index < -0.39 is 17.9 Å². The molecular formula is C16H14Cl2N2O3. The molecule has 1 unspecified atom stereocenters. The van der Waals surface area contributed by atoms with Crippen LogP contribution in [0.2, 0.25) is 10.0 Å². The van der Waals surface area contributed by atoms with E-state index in [1.807, 2.05) is 0 Å². The molecule has 0 bridgehead atoms. The number of carboxylic acids is 1. The average Bonchev–Trinajstić information content (AvgIpc) is 2.48. The van der Waals surface area contributed by atoms with Gasteiger partial charge in [0, 0.05) is 12.1 Å². The van der Waals surface area contributed by atoms with Gasteiger partial charge in [-0.1, -0.05) is 41.4 Å². The lowest BCUT2D eigenvalue weighted by atomic mass is 10.0. The number of hydrogen-bond donors (Lipinski definition) is 3. The number of amides is 1. The first-order valence-corrected chi connectivity index (χ1v) is 7.46. The summed E-state index contributed by atoms with van der Waals surface area (Å²) in [6.07, 6.45) is 0.115. The van der Waals surface area contributed by atoms with Crippen molar-refractivity contribution in [1.82, 2.24) is 5.32 Å². The summed E-state index contributed by atoms with van der Waals surface area (Å²) in [5, 5.41) is 12.1. The van der Waals surface area contributed by atoms with Crippen molar-refractivity contribution in [3.63, 3.8) is 0 Å². The molecule has 0 heterocycles. The number of anilines is 1. The summed E-state index contributed by atoms with van der Waals surface area (Å²) < 4.78 is 0. The fourth-order valence-corrected chi connectivity index (χ4v) is 2.60. The van der Waals surface area contributed by atoms with Crippen LogP contribution < -0.4 is 11.1 Å². The molecule has 4 N–H and O–H groups in total. The number of carbonyl (C=O) groups is 2. The van der Waals surface area contributed by atoms with Gasteiger partial charge in [0.2, 0.25) is 0 Å². The Morgan fingerprint density at radius 3 is 2.17 bits per heavy atom. The molecule has 5 nitrogen and oxygen atoms in total. The number of rotatable bonds is 5. The van der Waals surface area contributed by atoms with Crippen molar-refractivity contribution in [1.29, 1.82) is 0 Å². The first kappa shape index (κ1) is 17.1. The summed E-state index contributed by atoms with van der Waals surface area (Å²) in [4.78, 5) is 23.7. The molecule has 23 heavy (non-hydrogen) atoms. The molecule has 2 aromatic carbocycles. The zero-order chi connectivity index (χ0) is 17.0. The van der Waals surface area contributed by atoms with E-state index in [4.69, 9.17) is 28.9 Å². The van der Waals surface area contributed by atoms with Crippen LogP contribution >= 0.6 is 23.2 Å². The van der Waals surface area contributed by atoms with Crippen molar-refractivity contribution in [2.75, 3.05) is 5.73 Å². The summed E-state index contributed by atoms with van der Waals surface area (Å²) in [5.41, 5.74) is 6.96. The second-order valence-corrected chi connectivity index (χ2v) is 5.72. The van der Waals surface area contributed by atoms with Crippen LogP contribution in [0.1, 0.15) is 15.9 Å². The number of nitrogen functional groups attached to an aromatic ring is 1. The molecule has 2 rings (SSSR count). The van der Waals surface area contributed by atoms with E-state index >= 15 is 0 Å². The zero-order valence-corrected chi connectivity index (χ0v) is 13.4. The first-order valence-electron chi connectivity index (χ1n) is 6.70. The van der Waals surface area contributed by atoms with Gasteiger partial charge >= 0.3 is 5.97 Å². The minimum absolute atomic E-state index is 0.0550. The predicted octanol–water partition coefficient (Wildman–Crippen LogP) is 3.00. The van der Waals surface area contributed by atoms with Crippen molar-refractivity contribution in [2.45, 2.75) is 12.5 Å². The number of nitrogens with two attached hydrogens (primary N) is 1. The van der Waals surface area contributed by atoms with Crippen LogP contribution in [0, 0.1) is 0 Å². The lowest BCUT2D eigenvalue weighted by Gasteiger charge is -2.16. The maximum atomic E-state index is 12.3. The average molecular weight is 353 g/mol. The highest BCUT2D eigenvalue weighted by Gasteiger charge is 2.23. The Morgan fingerprint density at radius 2 is 1.65 bits per heavy atom. The lowest BCUT2D eigenvalue weighted by molar-refractivity contribution is -0.139. The van der Waals surface area contributed by atoms with Crippen molar-refractivity contribution in [2.24, 2.45) is 0 Å². The van der Waals surface area contributed by atoms with Gasteiger partial charge in [0.1, 0.15) is 6.04 Å². The minimum atomic E-state index is -1.15. The van der Waals surface area contributed by atoms with Gasteiger partial charge in [0.15, 0.2) is 0 Å². The van der Waals surface area contributed by atoms with Crippen molar-refractivity contribution < 1.29 is 14.7 Å². The number of carbonyl (C=O) groups excluding carboxylic acids is 1. The standard InChI is InChI=1S/C16H14Cl2N2O3/c17-11-2-1-3-12(18)14(11)15(21)20-13(16(22)23)8-9-4-6-10(19)7-5-9/h1-7,13H,8,19H2,(H,20,21)(H,22,23). The van der Waals surface area contributed by atoms with Crippen LogP contribution in [-0.4, -0.2) is 23.0 Å². The van der Waals surface area contributed by atoms with Crippen LogP contribution in [0.25, 0.3) is 0 Å². The minimum Gasteiger partial charge on any atom is -0.480 e. The third-order valence-electron chi connectivity index (χ3n) is 3.21. The van der Waals surface area contributed by atoms with Gasteiger partial charge in [-0.25, -0.2) is 4.79 Å². The van der Waals surface area contributed by atoms with E-state index in [-0.39, 0.29) is 22.0 Å². The monoisotopic (exact) mass is 352 g/mol. The Bertz CT molecular complexity index is 712. The van der Waals surface area contributed by atoms with Gasteiger partial charge in [0.05, 0.1) is 15.6 Å². The second kappa shape index (κ2) is 7.35. The fourth-order valence-electron chi connectivity index (χ4n) is 2.03. The van der Waals surface area contributed by atoms with Gasteiger partial charge in [-0.05, 0) is 29.8 Å². The fraction of sp³-hybridized carbons (Fsp3) is 0.125. The molecule has 2 aromatic rings. The first-order chi connectivity index (χ1) is 10.9. The zero-order valence-electron chi connectivity index (χ0n) is 11.9. The number of aliphatic carboxylic acids is 1. The molecular weight excluding hydrogens is 339 g/mol. The van der Waals surface area contributed by atoms with E-state index in [1.54, 1.807) is 30.3 Å². The molecule has 0 radical (unpaired) electrons. The van der Waals surface area contributed by atoms with Crippen LogP contribution in [0.3, 0.4) is 0 Å². The van der Waals surface area contributed by atoms with Gasteiger partial charge in [0.25, 0.3) is 5.91 Å². The Labute approximate surface area is 143 Å². The Balaban J connectivity index is 2.18. The summed E-state index contributed by atoms with van der Waals surface area (Å²) in [6, 6.07) is 10.3. The van der Waals surface area contributed by atoms with Crippen LogP contribution in [0.4, 0.5) is 5.69 Å². The lowest BCUT2D eigenvalue weighted by Crippen LogP contribution is -2.42. The van der Waals surface area contributed by atoms with E-state index in [1.165, 1.54) is 12.1 Å². The molecule has 120 valence electrons. The smallest absolute Gasteiger partial charge is 0.326 e. The highest BCUT2D eigenvalue weighted by Crippen LogP contribution is 2.24. The summed E-state index contributed by atoms with van der Waals surface area (Å²) in [5.74, 6) is -1.79. The molecule has 0 aromatic heterocycles. The number of halogens is 2. The van der Waals surface area contributed by atoms with Crippen LogP contribution in [0.15, 0.2) is 42.5 Å². The summed E-state index contributed by atoms with van der Waals surface area (Å²) in [7, 11) is 0. The predicted molar refractivity (Wildman–Crippen MR) is 89.9 cm³/mol. The third-order valence-corrected chi connectivity index (χ3v) is 3.84. The molecule has 0 fully saturated rings. The largest absolute Gasteiger partial charge is 0.480 e. The summed E-state index contributed by atoms with van der Waals surface area (Å²) >= 11 is 11.9. The normalized spacial score (nSPS) is 11.7. The van der Waals surface area contributed by atoms with Crippen LogP contribution in [-0.2, 0) is 11.2 Å². The third kappa shape index (κ3) is 4.37. The molecule has 0 aliphatic rings. The topological polar surface area (TPSA) is 92.4 Å². The Hall–Kier alpha value is -2.24. The van der Waals surface area contributed by atoms with E-state index in [0.29, 0.717) is 5.69 Å². The van der Waals surface area contributed by atoms with Gasteiger partial charge < -0.3 is 16.2 Å². The Kier molecular flexibility index (Phi) is 5.47. The van der Waals surface area contributed by atoms with E-state index in [9.17, 15) is 14.7 Å². The quantitative estimate of drug-likeness (QED) is 0.721. The van der Waals surface area contributed by atoms with Gasteiger partial charge in [-0.2, -0.15) is 0 Å². The van der Waals surface area contributed by atoms with Crippen molar-refractivity contribution >= 4 is 40.8 Å². The maximum Gasteiger partial charge on any atom is 0.326 e. The highest BCUT2D eigenvalue weighted by atomic mass is 35.5. The molecule has 0 aliphatic carbocycles. The number of nitrogens with one attached hydrogen (secondary N) is 1. The van der Waals surface area contributed by atoms with Gasteiger partial charge in [-0.3, -0.25) is 4.79 Å². The van der Waals surface area contributed by atoms with Crippen LogP contribution in [0.5, 0.6) is 0 Å². The molecule has 7 heteroatoms. The Morgan fingerprint density at radius 1 is 1.09 bits per heavy atom. The molecule has 0 spiro atoms. The van der Waals surface area contributed by atoms with Gasteiger partial charge in [-0.15, -0.1) is 0 Å². The maximum absolute atomic E-state index is 12.3. The van der Waals surface area contributed by atoms with E-state index in [2.05, 4.69) is 5.32 Å². The number of hydrogen-bond acceptors (Lipinski definition) is 3. The molecule has 1 amide bonds. The summed E-state index contributed by atoms with van der Waals surface area (Å²) in [6.45, 7) is 0. The molecule has 0 saturated heterocycles. The van der Waals surface area contributed by atoms with Crippen molar-refractivity contribution in [3.8, 4) is 0 Å². The molecule has 0 aliphatic heterocycles. The highest BCUT2D eigenvalue weighted by molar-refractivity contribution is 6.39. The second-order valence-electron chi connectivity index (χ2n) is 4.91. The number of benzene rings is 2. The van der Waals surface area contributed by atoms with Crippen molar-refractivity contribution in [3.05, 3.63) is 63.6 Å². The molecule has 1 atom stereocenters. The molecule has 0 saturated carbocycles. The SMILES string of the molecule is Nc1ccc(CC(NC(=O)c2c(Cl)cccc2Cl)C(=O)O)cc1. The number of carboxylic acid groups (broad SMARTS) is 1. The van der Waals surface area contributed by atoms with E-state index in [0.717, 1.165) is 5.56 Å².